The first kappa shape index (κ1) is 23.2. The van der Waals surface area contributed by atoms with E-state index in [0.717, 1.165) is 40.7 Å². The second kappa shape index (κ2) is 11.2. The first-order valence-corrected chi connectivity index (χ1v) is 11.2. The van der Waals surface area contributed by atoms with E-state index in [0.29, 0.717) is 11.6 Å². The predicted molar refractivity (Wildman–Crippen MR) is 128 cm³/mol. The van der Waals surface area contributed by atoms with Crippen LogP contribution in [0.15, 0.2) is 54.7 Å². The van der Waals surface area contributed by atoms with Crippen molar-refractivity contribution >= 4 is 17.4 Å². The molecule has 0 radical (unpaired) electrons. The van der Waals surface area contributed by atoms with Crippen molar-refractivity contribution in [3.8, 4) is 11.3 Å². The molecule has 0 amide bonds. The highest BCUT2D eigenvalue weighted by Gasteiger charge is 2.14. The molecule has 0 atom stereocenters. The molecule has 5 heteroatoms. The summed E-state index contributed by atoms with van der Waals surface area (Å²) in [5.74, 6) is 1.32. The molecule has 0 unspecified atom stereocenters. The van der Waals surface area contributed by atoms with Crippen LogP contribution < -0.4 is 5.32 Å². The van der Waals surface area contributed by atoms with Gasteiger partial charge in [0.15, 0.2) is 0 Å². The van der Waals surface area contributed by atoms with E-state index in [1.807, 2.05) is 24.3 Å². The number of pyridine rings is 2. The average molecular weight is 440 g/mol. The van der Waals surface area contributed by atoms with Crippen molar-refractivity contribution in [2.24, 2.45) is 5.92 Å². The van der Waals surface area contributed by atoms with Crippen molar-refractivity contribution in [3.63, 3.8) is 0 Å². The Balaban J connectivity index is 0.00000272. The number of nitrogens with zero attached hydrogens (tertiary/aromatic N) is 2. The minimum Gasteiger partial charge on any atom is -0.366 e. The van der Waals surface area contributed by atoms with E-state index in [9.17, 15) is 4.39 Å². The standard InChI is InChI=1S/C25H27ClFN3.CH4/c26-23-17-28-21(13-12-18-6-2-1-3-7-18)15-22(23)24-10-5-11-25(30-24)29-16-19-8-4-9-20(27)14-19;/h4-5,8-11,14-15,17-18H,1-3,6-7,12-13,16H2,(H,29,30);1H4. The summed E-state index contributed by atoms with van der Waals surface area (Å²) in [6.45, 7) is 0.505. The largest absolute Gasteiger partial charge is 0.366 e. The number of hydrogen-bond acceptors (Lipinski definition) is 3. The topological polar surface area (TPSA) is 37.8 Å². The molecule has 0 saturated heterocycles. The molecule has 1 fully saturated rings. The number of hydrogen-bond donors (Lipinski definition) is 1. The van der Waals surface area contributed by atoms with Crippen LogP contribution in [0.2, 0.25) is 5.02 Å². The maximum atomic E-state index is 13.4. The van der Waals surface area contributed by atoms with Crippen LogP contribution in [0.5, 0.6) is 0 Å². The molecule has 1 aliphatic rings. The Bertz CT molecular complexity index is 986. The fourth-order valence-corrected chi connectivity index (χ4v) is 4.37. The summed E-state index contributed by atoms with van der Waals surface area (Å²) >= 11 is 6.46. The van der Waals surface area contributed by atoms with E-state index in [-0.39, 0.29) is 13.2 Å². The van der Waals surface area contributed by atoms with Crippen LogP contribution in [0.25, 0.3) is 11.3 Å². The van der Waals surface area contributed by atoms with Crippen LogP contribution in [-0.2, 0) is 13.0 Å². The van der Waals surface area contributed by atoms with E-state index >= 15 is 0 Å². The Morgan fingerprint density at radius 1 is 1.03 bits per heavy atom. The van der Waals surface area contributed by atoms with Crippen molar-refractivity contribution < 1.29 is 4.39 Å². The van der Waals surface area contributed by atoms with E-state index in [1.54, 1.807) is 12.3 Å². The quantitative estimate of drug-likeness (QED) is 0.409. The van der Waals surface area contributed by atoms with Crippen LogP contribution in [0.4, 0.5) is 10.2 Å². The molecule has 31 heavy (non-hydrogen) atoms. The van der Waals surface area contributed by atoms with Gasteiger partial charge in [-0.1, -0.05) is 69.3 Å². The van der Waals surface area contributed by atoms with Gasteiger partial charge >= 0.3 is 0 Å². The molecule has 4 rings (SSSR count). The zero-order chi connectivity index (χ0) is 20.8. The summed E-state index contributed by atoms with van der Waals surface area (Å²) < 4.78 is 13.4. The Labute approximate surface area is 190 Å². The minimum absolute atomic E-state index is 0. The van der Waals surface area contributed by atoms with Crippen molar-refractivity contribution in [3.05, 3.63) is 76.8 Å². The number of nitrogens with one attached hydrogen (secondary N) is 1. The molecule has 0 aliphatic heterocycles. The van der Waals surface area contributed by atoms with Gasteiger partial charge in [-0.05, 0) is 54.7 Å². The minimum atomic E-state index is -0.236. The number of anilines is 1. The molecule has 1 aromatic carbocycles. The summed E-state index contributed by atoms with van der Waals surface area (Å²) in [6, 6.07) is 14.5. The van der Waals surface area contributed by atoms with Crippen molar-refractivity contribution in [1.82, 2.24) is 9.97 Å². The number of aryl methyl sites for hydroxylation is 1. The molecule has 1 N–H and O–H groups in total. The fraction of sp³-hybridized carbons (Fsp3) is 0.385. The molecule has 1 saturated carbocycles. The molecule has 3 aromatic rings. The van der Waals surface area contributed by atoms with Crippen LogP contribution in [0.3, 0.4) is 0 Å². The Kier molecular flexibility index (Phi) is 8.42. The van der Waals surface area contributed by atoms with E-state index in [1.165, 1.54) is 50.7 Å². The monoisotopic (exact) mass is 439 g/mol. The van der Waals surface area contributed by atoms with Gasteiger partial charge in [0, 0.05) is 24.0 Å². The van der Waals surface area contributed by atoms with Gasteiger partial charge in [0.25, 0.3) is 0 Å². The van der Waals surface area contributed by atoms with Crippen LogP contribution in [0, 0.1) is 11.7 Å². The van der Waals surface area contributed by atoms with Gasteiger partial charge in [-0.25, -0.2) is 9.37 Å². The van der Waals surface area contributed by atoms with E-state index in [2.05, 4.69) is 16.4 Å². The third kappa shape index (κ3) is 6.51. The molecular formula is C26H31ClFN3. The lowest BCUT2D eigenvalue weighted by Gasteiger charge is -2.21. The maximum Gasteiger partial charge on any atom is 0.126 e. The second-order valence-corrected chi connectivity index (χ2v) is 8.50. The molecule has 0 bridgehead atoms. The molecule has 0 spiro atoms. The molecule has 1 aliphatic carbocycles. The zero-order valence-electron chi connectivity index (χ0n) is 17.1. The third-order valence-electron chi connectivity index (χ3n) is 5.83. The van der Waals surface area contributed by atoms with Crippen molar-refractivity contribution in [2.75, 3.05) is 5.32 Å². The molecule has 3 nitrogen and oxygen atoms in total. The summed E-state index contributed by atoms with van der Waals surface area (Å²) in [5.41, 5.74) is 3.65. The second-order valence-electron chi connectivity index (χ2n) is 8.09. The third-order valence-corrected chi connectivity index (χ3v) is 6.13. The lowest BCUT2D eigenvalue weighted by molar-refractivity contribution is 0.338. The number of rotatable bonds is 7. The lowest BCUT2D eigenvalue weighted by atomic mass is 9.85. The van der Waals surface area contributed by atoms with Gasteiger partial charge in [-0.2, -0.15) is 0 Å². The first-order chi connectivity index (χ1) is 14.7. The van der Waals surface area contributed by atoms with Gasteiger partial charge in [0.05, 0.1) is 10.7 Å². The molecular weight excluding hydrogens is 409 g/mol. The summed E-state index contributed by atoms with van der Waals surface area (Å²) in [5, 5.41) is 3.87. The number of aromatic nitrogens is 2. The Morgan fingerprint density at radius 2 is 1.84 bits per heavy atom. The smallest absolute Gasteiger partial charge is 0.126 e. The first-order valence-electron chi connectivity index (χ1n) is 10.8. The molecule has 2 aromatic heterocycles. The van der Waals surface area contributed by atoms with E-state index < -0.39 is 0 Å². The Hall–Kier alpha value is -2.46. The van der Waals surface area contributed by atoms with Gasteiger partial charge in [-0.15, -0.1) is 0 Å². The lowest BCUT2D eigenvalue weighted by Crippen LogP contribution is -2.08. The van der Waals surface area contributed by atoms with Gasteiger partial charge in [0.2, 0.25) is 0 Å². The molecule has 2 heterocycles. The van der Waals surface area contributed by atoms with Gasteiger partial charge in [-0.3, -0.25) is 4.98 Å². The number of halogens is 2. The zero-order valence-corrected chi connectivity index (χ0v) is 17.8. The Morgan fingerprint density at radius 3 is 2.65 bits per heavy atom. The summed E-state index contributed by atoms with van der Waals surface area (Å²) in [4.78, 5) is 9.26. The molecule has 164 valence electrons. The average Bonchev–Trinajstić information content (AvgIpc) is 2.78. The highest BCUT2D eigenvalue weighted by Crippen LogP contribution is 2.30. The predicted octanol–water partition coefficient (Wildman–Crippen LogP) is 7.70. The fourth-order valence-electron chi connectivity index (χ4n) is 4.17. The van der Waals surface area contributed by atoms with Crippen molar-refractivity contribution in [2.45, 2.75) is 58.9 Å². The highest BCUT2D eigenvalue weighted by atomic mass is 35.5. The number of benzene rings is 1. The summed E-state index contributed by atoms with van der Waals surface area (Å²) in [7, 11) is 0. The van der Waals surface area contributed by atoms with Crippen LogP contribution >= 0.6 is 11.6 Å². The maximum absolute atomic E-state index is 13.4. The van der Waals surface area contributed by atoms with E-state index in [4.69, 9.17) is 16.6 Å². The highest BCUT2D eigenvalue weighted by molar-refractivity contribution is 6.33. The SMILES string of the molecule is C.Fc1cccc(CNc2cccc(-c3cc(CCC4CCCCC4)ncc3Cl)n2)c1. The van der Waals surface area contributed by atoms with Crippen LogP contribution in [-0.4, -0.2) is 9.97 Å². The van der Waals surface area contributed by atoms with Gasteiger partial charge < -0.3 is 5.32 Å². The summed E-state index contributed by atoms with van der Waals surface area (Å²) in [6.07, 6.45) is 10.7. The normalized spacial score (nSPS) is 14.1. The van der Waals surface area contributed by atoms with Gasteiger partial charge in [0.1, 0.15) is 11.6 Å². The van der Waals surface area contributed by atoms with Crippen molar-refractivity contribution in [1.29, 1.82) is 0 Å². The van der Waals surface area contributed by atoms with Crippen LogP contribution in [0.1, 0.15) is 57.2 Å².